The summed E-state index contributed by atoms with van der Waals surface area (Å²) in [6.07, 6.45) is 2.69. The first kappa shape index (κ1) is 23.3. The normalized spacial score (nSPS) is 15.6. The zero-order chi connectivity index (χ0) is 22.3. The maximum absolute atomic E-state index is 12.6. The van der Waals surface area contributed by atoms with Gasteiger partial charge in [0.15, 0.2) is 0 Å². The van der Waals surface area contributed by atoms with Crippen LogP contribution in [0.1, 0.15) is 33.3 Å². The van der Waals surface area contributed by atoms with E-state index < -0.39 is 11.6 Å². The van der Waals surface area contributed by atoms with Gasteiger partial charge in [0.05, 0.1) is 7.11 Å². The number of amides is 3. The Hall–Kier alpha value is -3.03. The van der Waals surface area contributed by atoms with Crippen molar-refractivity contribution < 1.29 is 23.9 Å². The van der Waals surface area contributed by atoms with Crippen molar-refractivity contribution in [3.63, 3.8) is 0 Å². The largest absolute Gasteiger partial charge is 0.497 e. The number of benzene rings is 1. The van der Waals surface area contributed by atoms with Gasteiger partial charge in [0, 0.05) is 32.3 Å². The van der Waals surface area contributed by atoms with Crippen LogP contribution < -0.4 is 10.1 Å². The second-order valence-corrected chi connectivity index (χ2v) is 8.13. The summed E-state index contributed by atoms with van der Waals surface area (Å²) in [6.45, 7) is 8.72. The fourth-order valence-corrected chi connectivity index (χ4v) is 2.92. The molecule has 1 aromatic rings. The molecule has 1 heterocycles. The summed E-state index contributed by atoms with van der Waals surface area (Å²) in [5.41, 5.74) is 0.297. The molecule has 0 aliphatic carbocycles. The van der Waals surface area contributed by atoms with E-state index in [1.807, 2.05) is 32.9 Å². The molecule has 0 spiro atoms. The van der Waals surface area contributed by atoms with Gasteiger partial charge < -0.3 is 24.6 Å². The standard InChI is InChI=1S/C22H31N3O5/c1-16(23-19(26)11-8-17-6-9-18(29-5)10-7-17)20(27)24-12-14-25(15-13-24)21(28)30-22(2,3)4/h6-11,16H,12-15H2,1-5H3,(H,23,26)/b11-8+. The lowest BCUT2D eigenvalue weighted by molar-refractivity contribution is -0.136. The highest BCUT2D eigenvalue weighted by atomic mass is 16.6. The van der Waals surface area contributed by atoms with Gasteiger partial charge in [-0.2, -0.15) is 0 Å². The van der Waals surface area contributed by atoms with E-state index in [9.17, 15) is 14.4 Å². The number of nitrogens with zero attached hydrogens (tertiary/aromatic N) is 2. The van der Waals surface area contributed by atoms with Gasteiger partial charge >= 0.3 is 6.09 Å². The van der Waals surface area contributed by atoms with Gasteiger partial charge in [-0.05, 0) is 51.5 Å². The van der Waals surface area contributed by atoms with Crippen LogP contribution in [0.2, 0.25) is 0 Å². The van der Waals surface area contributed by atoms with Crippen LogP contribution in [0.15, 0.2) is 30.3 Å². The van der Waals surface area contributed by atoms with Gasteiger partial charge in [0.1, 0.15) is 17.4 Å². The molecule has 3 amide bonds. The lowest BCUT2D eigenvalue weighted by Gasteiger charge is -2.36. The van der Waals surface area contributed by atoms with E-state index in [1.54, 1.807) is 42.0 Å². The third-order valence-electron chi connectivity index (χ3n) is 4.52. The van der Waals surface area contributed by atoms with Crippen molar-refractivity contribution in [1.82, 2.24) is 15.1 Å². The van der Waals surface area contributed by atoms with E-state index in [0.29, 0.717) is 26.2 Å². The predicted octanol–water partition coefficient (Wildman–Crippen LogP) is 2.29. The van der Waals surface area contributed by atoms with Crippen molar-refractivity contribution in [2.75, 3.05) is 33.3 Å². The highest BCUT2D eigenvalue weighted by Gasteiger charge is 2.29. The van der Waals surface area contributed by atoms with Crippen molar-refractivity contribution in [2.45, 2.75) is 39.3 Å². The van der Waals surface area contributed by atoms with E-state index in [2.05, 4.69) is 5.32 Å². The van der Waals surface area contributed by atoms with Gasteiger partial charge in [0.2, 0.25) is 11.8 Å². The molecule has 1 unspecified atom stereocenters. The Balaban J connectivity index is 1.80. The Kier molecular flexibility index (Phi) is 7.86. The van der Waals surface area contributed by atoms with Crippen LogP contribution in [-0.4, -0.2) is 72.6 Å². The first-order chi connectivity index (χ1) is 14.1. The van der Waals surface area contributed by atoms with Crippen molar-refractivity contribution >= 4 is 24.0 Å². The molecule has 0 saturated carbocycles. The Bertz CT molecular complexity index is 775. The Morgan fingerprint density at radius 2 is 1.60 bits per heavy atom. The Morgan fingerprint density at radius 3 is 2.13 bits per heavy atom. The summed E-state index contributed by atoms with van der Waals surface area (Å²) in [5, 5.41) is 2.69. The lowest BCUT2D eigenvalue weighted by Crippen LogP contribution is -2.55. The number of methoxy groups -OCH3 is 1. The van der Waals surface area contributed by atoms with Crippen molar-refractivity contribution in [2.24, 2.45) is 0 Å². The second-order valence-electron chi connectivity index (χ2n) is 8.13. The molecule has 1 aliphatic heterocycles. The highest BCUT2D eigenvalue weighted by Crippen LogP contribution is 2.13. The van der Waals surface area contributed by atoms with E-state index in [0.717, 1.165) is 11.3 Å². The molecule has 2 rings (SSSR count). The van der Waals surface area contributed by atoms with Gasteiger partial charge in [0.25, 0.3) is 0 Å². The molecule has 8 heteroatoms. The molecule has 1 fully saturated rings. The number of carbonyl (C=O) groups is 3. The monoisotopic (exact) mass is 417 g/mol. The molecule has 0 bridgehead atoms. The summed E-state index contributed by atoms with van der Waals surface area (Å²) in [6, 6.07) is 6.62. The highest BCUT2D eigenvalue weighted by molar-refractivity contribution is 5.95. The Labute approximate surface area is 177 Å². The molecule has 8 nitrogen and oxygen atoms in total. The summed E-state index contributed by atoms with van der Waals surface area (Å²) in [4.78, 5) is 40.1. The molecule has 0 aromatic heterocycles. The number of carbonyl (C=O) groups excluding carboxylic acids is 3. The molecule has 30 heavy (non-hydrogen) atoms. The first-order valence-corrected chi connectivity index (χ1v) is 9.98. The average Bonchev–Trinajstić information content (AvgIpc) is 2.71. The zero-order valence-electron chi connectivity index (χ0n) is 18.3. The smallest absolute Gasteiger partial charge is 0.410 e. The molecule has 1 N–H and O–H groups in total. The fourth-order valence-electron chi connectivity index (χ4n) is 2.92. The van der Waals surface area contributed by atoms with Crippen molar-refractivity contribution in [3.8, 4) is 5.75 Å². The maximum atomic E-state index is 12.6. The number of hydrogen-bond acceptors (Lipinski definition) is 5. The molecule has 164 valence electrons. The number of rotatable bonds is 5. The van der Waals surface area contributed by atoms with Crippen LogP contribution >= 0.6 is 0 Å². The van der Waals surface area contributed by atoms with Crippen molar-refractivity contribution in [1.29, 1.82) is 0 Å². The second kappa shape index (κ2) is 10.1. The SMILES string of the molecule is COc1ccc(/C=C/C(=O)NC(C)C(=O)N2CCN(C(=O)OC(C)(C)C)CC2)cc1. The minimum atomic E-state index is -0.661. The molecule has 1 atom stereocenters. The third-order valence-corrected chi connectivity index (χ3v) is 4.52. The summed E-state index contributed by atoms with van der Waals surface area (Å²) in [7, 11) is 1.59. The van der Waals surface area contributed by atoms with Gasteiger partial charge in [-0.1, -0.05) is 12.1 Å². The van der Waals surface area contributed by atoms with Crippen LogP contribution in [0.25, 0.3) is 6.08 Å². The molecule has 1 aliphatic rings. The van der Waals surface area contributed by atoms with E-state index >= 15 is 0 Å². The number of hydrogen-bond donors (Lipinski definition) is 1. The van der Waals surface area contributed by atoms with E-state index in [4.69, 9.17) is 9.47 Å². The van der Waals surface area contributed by atoms with Crippen LogP contribution in [0.4, 0.5) is 4.79 Å². The topological polar surface area (TPSA) is 88.2 Å². The van der Waals surface area contributed by atoms with Crippen LogP contribution in [0, 0.1) is 0 Å². The predicted molar refractivity (Wildman–Crippen MR) is 114 cm³/mol. The molecular formula is C22H31N3O5. The van der Waals surface area contributed by atoms with Crippen molar-refractivity contribution in [3.05, 3.63) is 35.9 Å². The maximum Gasteiger partial charge on any atom is 0.410 e. The summed E-state index contributed by atoms with van der Waals surface area (Å²) < 4.78 is 10.5. The number of piperazine rings is 1. The lowest BCUT2D eigenvalue weighted by atomic mass is 10.2. The number of ether oxygens (including phenoxy) is 2. The van der Waals surface area contributed by atoms with Gasteiger partial charge in [-0.3, -0.25) is 9.59 Å². The first-order valence-electron chi connectivity index (χ1n) is 9.98. The molecular weight excluding hydrogens is 386 g/mol. The third kappa shape index (κ3) is 7.09. The number of nitrogens with one attached hydrogen (secondary N) is 1. The minimum Gasteiger partial charge on any atom is -0.497 e. The molecule has 0 radical (unpaired) electrons. The van der Waals surface area contributed by atoms with Crippen LogP contribution in [-0.2, 0) is 14.3 Å². The molecule has 1 aromatic carbocycles. The zero-order valence-corrected chi connectivity index (χ0v) is 18.3. The summed E-state index contributed by atoms with van der Waals surface area (Å²) >= 11 is 0. The van der Waals surface area contributed by atoms with E-state index in [-0.39, 0.29) is 17.9 Å². The summed E-state index contributed by atoms with van der Waals surface area (Å²) in [5.74, 6) is 0.215. The van der Waals surface area contributed by atoms with Crippen LogP contribution in [0.5, 0.6) is 5.75 Å². The average molecular weight is 418 g/mol. The molecule has 1 saturated heterocycles. The fraction of sp³-hybridized carbons (Fsp3) is 0.500. The van der Waals surface area contributed by atoms with Gasteiger partial charge in [-0.15, -0.1) is 0 Å². The van der Waals surface area contributed by atoms with E-state index in [1.165, 1.54) is 6.08 Å². The quantitative estimate of drug-likeness (QED) is 0.743. The van der Waals surface area contributed by atoms with Crippen LogP contribution in [0.3, 0.4) is 0 Å². The van der Waals surface area contributed by atoms with Gasteiger partial charge in [-0.25, -0.2) is 4.79 Å². The minimum absolute atomic E-state index is 0.176. The Morgan fingerprint density at radius 1 is 1.03 bits per heavy atom.